The molecule has 9 nitrogen and oxygen atoms in total. The Morgan fingerprint density at radius 3 is 2.14 bits per heavy atom. The van der Waals surface area contributed by atoms with Crippen LogP contribution in [0.2, 0.25) is 0 Å². The molecule has 0 heterocycles. The zero-order valence-electron chi connectivity index (χ0n) is 12.2. The molecule has 0 radical (unpaired) electrons. The molecular formula is C12H20N2O7. The van der Waals surface area contributed by atoms with Gasteiger partial charge in [-0.3, -0.25) is 9.59 Å². The van der Waals surface area contributed by atoms with Gasteiger partial charge >= 0.3 is 23.9 Å². The third-order valence-electron chi connectivity index (χ3n) is 2.52. The molecule has 9 heteroatoms. The van der Waals surface area contributed by atoms with Crippen molar-refractivity contribution in [3.63, 3.8) is 0 Å². The number of hydrogen-bond donors (Lipinski definition) is 2. The van der Waals surface area contributed by atoms with E-state index in [1.54, 1.807) is 6.92 Å². The Morgan fingerprint density at radius 1 is 1.14 bits per heavy atom. The van der Waals surface area contributed by atoms with Crippen molar-refractivity contribution < 1.29 is 33.8 Å². The lowest BCUT2D eigenvalue weighted by molar-refractivity contribution is -0.147. The molecule has 0 aromatic carbocycles. The molecule has 2 N–H and O–H groups in total. The van der Waals surface area contributed by atoms with Crippen molar-refractivity contribution >= 4 is 23.9 Å². The largest absolute Gasteiger partial charge is 0.480 e. The number of ether oxygens (including phenoxy) is 2. The van der Waals surface area contributed by atoms with Gasteiger partial charge in [0.2, 0.25) is 0 Å². The van der Waals surface area contributed by atoms with Crippen LogP contribution in [0, 0.1) is 0 Å². The second-order valence-electron chi connectivity index (χ2n) is 4.12. The molecule has 21 heavy (non-hydrogen) atoms. The number of aliphatic carboxylic acids is 1. The van der Waals surface area contributed by atoms with Crippen LogP contribution in [0.4, 0.5) is 4.79 Å². The van der Waals surface area contributed by atoms with E-state index >= 15 is 0 Å². The van der Waals surface area contributed by atoms with E-state index in [1.165, 1.54) is 7.11 Å². The summed E-state index contributed by atoms with van der Waals surface area (Å²) in [4.78, 5) is 46.4. The summed E-state index contributed by atoms with van der Waals surface area (Å²) < 4.78 is 8.82. The highest BCUT2D eigenvalue weighted by atomic mass is 16.5. The molecule has 1 atom stereocenters. The maximum atomic E-state index is 12.0. The molecule has 0 spiro atoms. The number of carbonyl (C=O) groups excluding carboxylic acids is 3. The van der Waals surface area contributed by atoms with Crippen LogP contribution in [0.5, 0.6) is 0 Å². The first-order valence-electron chi connectivity index (χ1n) is 6.27. The van der Waals surface area contributed by atoms with Gasteiger partial charge in [-0.05, 0) is 6.42 Å². The number of hydrogen-bond acceptors (Lipinski definition) is 6. The monoisotopic (exact) mass is 304 g/mol. The van der Waals surface area contributed by atoms with Gasteiger partial charge in [0, 0.05) is 6.54 Å². The second kappa shape index (κ2) is 9.56. The fraction of sp³-hybridized carbons (Fsp3) is 0.667. The van der Waals surface area contributed by atoms with Crippen molar-refractivity contribution in [1.82, 2.24) is 10.2 Å². The highest BCUT2D eigenvalue weighted by Gasteiger charge is 2.26. The predicted molar refractivity (Wildman–Crippen MR) is 70.5 cm³/mol. The van der Waals surface area contributed by atoms with Crippen molar-refractivity contribution in [3.05, 3.63) is 0 Å². The summed E-state index contributed by atoms with van der Waals surface area (Å²) in [5, 5.41) is 11.1. The molecule has 0 saturated heterocycles. The summed E-state index contributed by atoms with van der Waals surface area (Å²) in [5.74, 6) is -2.76. The first-order chi connectivity index (χ1) is 9.85. The molecule has 0 aliphatic rings. The third-order valence-corrected chi connectivity index (χ3v) is 2.52. The lowest BCUT2D eigenvalue weighted by Gasteiger charge is -2.23. The zero-order valence-corrected chi connectivity index (χ0v) is 12.2. The van der Waals surface area contributed by atoms with Gasteiger partial charge in [0.25, 0.3) is 0 Å². The van der Waals surface area contributed by atoms with Gasteiger partial charge in [-0.2, -0.15) is 0 Å². The fourth-order valence-corrected chi connectivity index (χ4v) is 1.43. The summed E-state index contributed by atoms with van der Waals surface area (Å²) >= 11 is 0. The van der Waals surface area contributed by atoms with Gasteiger partial charge < -0.3 is 24.8 Å². The summed E-state index contributed by atoms with van der Waals surface area (Å²) in [6, 6.07) is -2.19. The van der Waals surface area contributed by atoms with Gasteiger partial charge in [0.1, 0.15) is 12.6 Å². The number of carboxylic acid groups (broad SMARTS) is 1. The summed E-state index contributed by atoms with van der Waals surface area (Å²) in [6.45, 7) is 1.73. The molecule has 120 valence electrons. The average Bonchev–Trinajstić information content (AvgIpc) is 2.45. The first-order valence-corrected chi connectivity index (χ1v) is 6.27. The van der Waals surface area contributed by atoms with E-state index in [1.807, 2.05) is 0 Å². The Morgan fingerprint density at radius 2 is 1.71 bits per heavy atom. The highest BCUT2D eigenvalue weighted by molar-refractivity contribution is 5.87. The molecule has 0 aromatic rings. The molecule has 0 fully saturated rings. The van der Waals surface area contributed by atoms with E-state index in [2.05, 4.69) is 14.8 Å². The number of nitrogens with zero attached hydrogens (tertiary/aromatic N) is 1. The minimum atomic E-state index is -1.43. The van der Waals surface area contributed by atoms with E-state index < -0.39 is 36.4 Å². The van der Waals surface area contributed by atoms with Crippen molar-refractivity contribution in [2.45, 2.75) is 25.8 Å². The Balaban J connectivity index is 4.78. The molecule has 0 aliphatic carbocycles. The maximum Gasteiger partial charge on any atom is 0.326 e. The highest BCUT2D eigenvalue weighted by Crippen LogP contribution is 2.00. The van der Waals surface area contributed by atoms with Gasteiger partial charge in [-0.1, -0.05) is 6.92 Å². The third kappa shape index (κ3) is 7.14. The number of urea groups is 1. The van der Waals surface area contributed by atoms with Crippen LogP contribution in [-0.2, 0) is 23.9 Å². The fourth-order valence-electron chi connectivity index (χ4n) is 1.43. The van der Waals surface area contributed by atoms with Crippen LogP contribution in [0.1, 0.15) is 19.8 Å². The molecule has 0 bridgehead atoms. The Hall–Kier alpha value is -2.32. The van der Waals surface area contributed by atoms with Gasteiger partial charge in [-0.25, -0.2) is 9.59 Å². The number of methoxy groups -OCH3 is 2. The molecule has 0 aromatic heterocycles. The van der Waals surface area contributed by atoms with Crippen LogP contribution in [0.15, 0.2) is 0 Å². The minimum Gasteiger partial charge on any atom is -0.480 e. The molecule has 0 saturated carbocycles. The SMILES string of the molecule is CCCN(CC(=O)OC)C(=O)N[C@@H](CC(=O)OC)C(=O)O. The van der Waals surface area contributed by atoms with Crippen molar-refractivity contribution in [2.24, 2.45) is 0 Å². The van der Waals surface area contributed by atoms with Crippen molar-refractivity contribution in [1.29, 1.82) is 0 Å². The molecular weight excluding hydrogens is 284 g/mol. The van der Waals surface area contributed by atoms with Gasteiger partial charge in [0.15, 0.2) is 0 Å². The van der Waals surface area contributed by atoms with Crippen LogP contribution in [0.3, 0.4) is 0 Å². The zero-order chi connectivity index (χ0) is 16.4. The van der Waals surface area contributed by atoms with Gasteiger partial charge in [-0.15, -0.1) is 0 Å². The first kappa shape index (κ1) is 18.7. The van der Waals surface area contributed by atoms with Crippen molar-refractivity contribution in [3.8, 4) is 0 Å². The number of esters is 2. The lowest BCUT2D eigenvalue weighted by atomic mass is 10.2. The number of rotatable bonds is 8. The Labute approximate surface area is 122 Å². The molecule has 0 rings (SSSR count). The quantitative estimate of drug-likeness (QED) is 0.585. The predicted octanol–water partition coefficient (Wildman–Crippen LogP) is -0.403. The number of carboxylic acids is 1. The van der Waals surface area contributed by atoms with Crippen LogP contribution >= 0.6 is 0 Å². The minimum absolute atomic E-state index is 0.242. The molecule has 0 unspecified atom stereocenters. The summed E-state index contributed by atoms with van der Waals surface area (Å²) in [5.41, 5.74) is 0. The standard InChI is InChI=1S/C12H20N2O7/c1-4-5-14(7-10(16)21-3)12(19)13-8(11(17)18)6-9(15)20-2/h8H,4-7H2,1-3H3,(H,13,19)(H,17,18)/t8-/m0/s1. The van der Waals surface area contributed by atoms with Crippen LogP contribution in [-0.4, -0.2) is 67.3 Å². The van der Waals surface area contributed by atoms with E-state index in [9.17, 15) is 19.2 Å². The topological polar surface area (TPSA) is 122 Å². The second-order valence-corrected chi connectivity index (χ2v) is 4.12. The normalized spacial score (nSPS) is 11.2. The number of carbonyl (C=O) groups is 4. The Bertz CT molecular complexity index is 397. The van der Waals surface area contributed by atoms with Gasteiger partial charge in [0.05, 0.1) is 20.6 Å². The van der Waals surface area contributed by atoms with E-state index in [0.717, 1.165) is 12.0 Å². The van der Waals surface area contributed by atoms with Crippen LogP contribution in [0.25, 0.3) is 0 Å². The number of nitrogens with one attached hydrogen (secondary N) is 1. The van der Waals surface area contributed by atoms with Crippen molar-refractivity contribution in [2.75, 3.05) is 27.3 Å². The smallest absolute Gasteiger partial charge is 0.326 e. The molecule has 0 aliphatic heterocycles. The van der Waals surface area contributed by atoms with E-state index in [0.29, 0.717) is 6.42 Å². The summed E-state index contributed by atoms with van der Waals surface area (Å²) in [7, 11) is 2.30. The lowest BCUT2D eigenvalue weighted by Crippen LogP contribution is -2.50. The van der Waals surface area contributed by atoms with E-state index in [-0.39, 0.29) is 13.1 Å². The number of amides is 2. The Kier molecular flexibility index (Phi) is 8.51. The maximum absolute atomic E-state index is 12.0. The van der Waals surface area contributed by atoms with Crippen LogP contribution < -0.4 is 5.32 Å². The summed E-state index contributed by atoms with van der Waals surface area (Å²) in [6.07, 6.45) is 0.0644. The average molecular weight is 304 g/mol. The van der Waals surface area contributed by atoms with E-state index in [4.69, 9.17) is 5.11 Å². The molecule has 2 amide bonds.